The highest BCUT2D eigenvalue weighted by Crippen LogP contribution is 2.32. The van der Waals surface area contributed by atoms with Crippen LogP contribution in [-0.4, -0.2) is 13.1 Å². The molecule has 90 valence electrons. The molecule has 2 nitrogen and oxygen atoms in total. The fourth-order valence-electron chi connectivity index (χ4n) is 2.19. The van der Waals surface area contributed by atoms with Gasteiger partial charge in [0.25, 0.3) is 0 Å². The number of nitriles is 1. The van der Waals surface area contributed by atoms with Crippen LogP contribution < -0.4 is 4.90 Å². The summed E-state index contributed by atoms with van der Waals surface area (Å²) in [5, 5.41) is 8.83. The SMILES string of the molecule is CC1(C)CCN(c2cc(F)cc(C#N)c2)CC1. The lowest BCUT2D eigenvalue weighted by Crippen LogP contribution is -2.37. The van der Waals surface area contributed by atoms with Gasteiger partial charge in [-0.3, -0.25) is 0 Å². The van der Waals surface area contributed by atoms with Crippen LogP contribution in [0.1, 0.15) is 32.3 Å². The monoisotopic (exact) mass is 232 g/mol. The molecule has 0 N–H and O–H groups in total. The van der Waals surface area contributed by atoms with Gasteiger partial charge in [0.1, 0.15) is 5.82 Å². The van der Waals surface area contributed by atoms with E-state index in [2.05, 4.69) is 18.7 Å². The third-order valence-corrected chi connectivity index (χ3v) is 3.49. The first-order valence-electron chi connectivity index (χ1n) is 5.96. The van der Waals surface area contributed by atoms with Crippen LogP contribution in [0.25, 0.3) is 0 Å². The van der Waals surface area contributed by atoms with E-state index in [9.17, 15) is 4.39 Å². The van der Waals surface area contributed by atoms with E-state index in [1.54, 1.807) is 6.07 Å². The van der Waals surface area contributed by atoms with E-state index in [0.717, 1.165) is 31.6 Å². The lowest BCUT2D eigenvalue weighted by molar-refractivity contribution is 0.280. The van der Waals surface area contributed by atoms with Gasteiger partial charge in [-0.05, 0) is 36.5 Å². The molecule has 1 aromatic carbocycles. The summed E-state index contributed by atoms with van der Waals surface area (Å²) in [5.41, 5.74) is 1.60. The van der Waals surface area contributed by atoms with Crippen molar-refractivity contribution in [3.05, 3.63) is 29.6 Å². The Morgan fingerprint density at radius 3 is 2.47 bits per heavy atom. The summed E-state index contributed by atoms with van der Waals surface area (Å²) in [5.74, 6) is -0.330. The highest BCUT2D eigenvalue weighted by Gasteiger charge is 2.25. The molecule has 0 aliphatic carbocycles. The molecule has 0 unspecified atom stereocenters. The Kier molecular flexibility index (Phi) is 3.06. The number of anilines is 1. The van der Waals surface area contributed by atoms with Crippen LogP contribution in [0.3, 0.4) is 0 Å². The number of hydrogen-bond donors (Lipinski definition) is 0. The molecule has 3 heteroatoms. The summed E-state index contributed by atoms with van der Waals surface area (Å²) in [4.78, 5) is 2.16. The van der Waals surface area contributed by atoms with Gasteiger partial charge in [0.15, 0.2) is 0 Å². The molecule has 1 heterocycles. The Balaban J connectivity index is 2.19. The molecule has 1 fully saturated rings. The summed E-state index contributed by atoms with van der Waals surface area (Å²) in [6.07, 6.45) is 2.21. The van der Waals surface area contributed by atoms with Crippen molar-refractivity contribution in [3.63, 3.8) is 0 Å². The Labute approximate surface area is 102 Å². The molecule has 0 aromatic heterocycles. The van der Waals surface area contributed by atoms with Crippen LogP contribution in [0.2, 0.25) is 0 Å². The van der Waals surface area contributed by atoms with Crippen molar-refractivity contribution in [2.45, 2.75) is 26.7 Å². The largest absolute Gasteiger partial charge is 0.371 e. The molecule has 1 saturated heterocycles. The van der Waals surface area contributed by atoms with Gasteiger partial charge in [-0.2, -0.15) is 5.26 Å². The number of halogens is 1. The van der Waals surface area contributed by atoms with Gasteiger partial charge in [0.05, 0.1) is 11.6 Å². The van der Waals surface area contributed by atoms with E-state index in [1.807, 2.05) is 6.07 Å². The second-order valence-electron chi connectivity index (χ2n) is 5.46. The molecular formula is C14H17FN2. The maximum absolute atomic E-state index is 13.3. The molecule has 2 rings (SSSR count). The standard InChI is InChI=1S/C14H17FN2/c1-14(2)3-5-17(6-4-14)13-8-11(10-16)7-12(15)9-13/h7-9H,3-6H2,1-2H3. The molecular weight excluding hydrogens is 215 g/mol. The fourth-order valence-corrected chi connectivity index (χ4v) is 2.19. The Morgan fingerprint density at radius 2 is 1.88 bits per heavy atom. The molecule has 1 aliphatic rings. The second-order valence-corrected chi connectivity index (χ2v) is 5.46. The minimum absolute atomic E-state index is 0.330. The Morgan fingerprint density at radius 1 is 1.24 bits per heavy atom. The molecule has 0 saturated carbocycles. The number of nitrogens with zero attached hydrogens (tertiary/aromatic N) is 2. The van der Waals surface area contributed by atoms with E-state index in [4.69, 9.17) is 5.26 Å². The average molecular weight is 232 g/mol. The minimum Gasteiger partial charge on any atom is -0.371 e. The van der Waals surface area contributed by atoms with Gasteiger partial charge in [0, 0.05) is 18.8 Å². The predicted octanol–water partition coefficient (Wildman–Crippen LogP) is 3.32. The van der Waals surface area contributed by atoms with Crippen LogP contribution >= 0.6 is 0 Å². The van der Waals surface area contributed by atoms with Gasteiger partial charge in [-0.1, -0.05) is 13.8 Å². The molecule has 0 amide bonds. The fraction of sp³-hybridized carbons (Fsp3) is 0.500. The normalized spacial score (nSPS) is 18.8. The van der Waals surface area contributed by atoms with Gasteiger partial charge >= 0.3 is 0 Å². The van der Waals surface area contributed by atoms with Crippen LogP contribution in [0.15, 0.2) is 18.2 Å². The number of benzene rings is 1. The zero-order chi connectivity index (χ0) is 12.5. The van der Waals surface area contributed by atoms with E-state index in [0.29, 0.717) is 11.0 Å². The van der Waals surface area contributed by atoms with Crippen molar-refractivity contribution in [1.82, 2.24) is 0 Å². The van der Waals surface area contributed by atoms with Crippen molar-refractivity contribution in [2.24, 2.45) is 5.41 Å². The lowest BCUT2D eigenvalue weighted by Gasteiger charge is -2.38. The van der Waals surface area contributed by atoms with Crippen molar-refractivity contribution in [2.75, 3.05) is 18.0 Å². The van der Waals surface area contributed by atoms with Crippen LogP contribution in [0, 0.1) is 22.6 Å². The summed E-state index contributed by atoms with van der Waals surface area (Å²) in [6.45, 7) is 6.38. The van der Waals surface area contributed by atoms with Gasteiger partial charge in [0.2, 0.25) is 0 Å². The summed E-state index contributed by atoms with van der Waals surface area (Å²) in [6, 6.07) is 6.55. The van der Waals surface area contributed by atoms with Crippen molar-refractivity contribution in [1.29, 1.82) is 5.26 Å². The smallest absolute Gasteiger partial charge is 0.126 e. The molecule has 1 aromatic rings. The molecule has 0 atom stereocenters. The first-order valence-corrected chi connectivity index (χ1v) is 5.96. The molecule has 0 radical (unpaired) electrons. The van der Waals surface area contributed by atoms with Gasteiger partial charge in [-0.15, -0.1) is 0 Å². The lowest BCUT2D eigenvalue weighted by atomic mass is 9.82. The highest BCUT2D eigenvalue weighted by atomic mass is 19.1. The number of hydrogen-bond acceptors (Lipinski definition) is 2. The zero-order valence-electron chi connectivity index (χ0n) is 10.3. The first-order chi connectivity index (χ1) is 8.00. The number of rotatable bonds is 1. The third-order valence-electron chi connectivity index (χ3n) is 3.49. The second kappa shape index (κ2) is 4.37. The summed E-state index contributed by atoms with van der Waals surface area (Å²) in [7, 11) is 0. The zero-order valence-corrected chi connectivity index (χ0v) is 10.3. The van der Waals surface area contributed by atoms with E-state index < -0.39 is 0 Å². The first kappa shape index (κ1) is 11.9. The molecule has 17 heavy (non-hydrogen) atoms. The van der Waals surface area contributed by atoms with Crippen LogP contribution in [-0.2, 0) is 0 Å². The Hall–Kier alpha value is -1.56. The topological polar surface area (TPSA) is 27.0 Å². The molecule has 1 aliphatic heterocycles. The van der Waals surface area contributed by atoms with E-state index in [-0.39, 0.29) is 5.82 Å². The van der Waals surface area contributed by atoms with E-state index in [1.165, 1.54) is 12.1 Å². The summed E-state index contributed by atoms with van der Waals surface area (Å²) >= 11 is 0. The third kappa shape index (κ3) is 2.76. The van der Waals surface area contributed by atoms with E-state index >= 15 is 0 Å². The maximum Gasteiger partial charge on any atom is 0.126 e. The summed E-state index contributed by atoms with van der Waals surface area (Å²) < 4.78 is 13.3. The van der Waals surface area contributed by atoms with Crippen molar-refractivity contribution < 1.29 is 4.39 Å². The Bertz CT molecular complexity index is 450. The quantitative estimate of drug-likeness (QED) is 0.742. The predicted molar refractivity (Wildman–Crippen MR) is 66.3 cm³/mol. The highest BCUT2D eigenvalue weighted by molar-refractivity contribution is 5.52. The number of piperidine rings is 1. The van der Waals surface area contributed by atoms with Crippen LogP contribution in [0.5, 0.6) is 0 Å². The van der Waals surface area contributed by atoms with Gasteiger partial charge in [-0.25, -0.2) is 4.39 Å². The average Bonchev–Trinajstić information content (AvgIpc) is 2.28. The van der Waals surface area contributed by atoms with Crippen molar-refractivity contribution >= 4 is 5.69 Å². The maximum atomic E-state index is 13.3. The molecule has 0 spiro atoms. The van der Waals surface area contributed by atoms with Crippen LogP contribution in [0.4, 0.5) is 10.1 Å². The minimum atomic E-state index is -0.330. The van der Waals surface area contributed by atoms with Gasteiger partial charge < -0.3 is 4.90 Å². The molecule has 0 bridgehead atoms. The van der Waals surface area contributed by atoms with Crippen molar-refractivity contribution in [3.8, 4) is 6.07 Å².